The summed E-state index contributed by atoms with van der Waals surface area (Å²) in [5, 5.41) is 0. The molecule has 0 spiro atoms. The SMILES string of the molecule is CC(C)N1C(=O)N(C2CCCN(CC3COc4ccccc4O3)C2)C(=O)C1(C)C. The van der Waals surface area contributed by atoms with Crippen LogP contribution in [0.2, 0.25) is 0 Å². The number of imide groups is 1. The highest BCUT2D eigenvalue weighted by Crippen LogP contribution is 2.34. The third-order valence-corrected chi connectivity index (χ3v) is 6.15. The smallest absolute Gasteiger partial charge is 0.328 e. The highest BCUT2D eigenvalue weighted by Gasteiger charge is 2.54. The van der Waals surface area contributed by atoms with Crippen LogP contribution in [0, 0.1) is 0 Å². The lowest BCUT2D eigenvalue weighted by Gasteiger charge is -2.38. The number of carbonyl (C=O) groups excluding carboxylic acids is 2. The van der Waals surface area contributed by atoms with E-state index >= 15 is 0 Å². The summed E-state index contributed by atoms with van der Waals surface area (Å²) in [6, 6.07) is 7.44. The summed E-state index contributed by atoms with van der Waals surface area (Å²) in [4.78, 5) is 31.7. The van der Waals surface area contributed by atoms with Gasteiger partial charge in [-0.1, -0.05) is 12.1 Å². The first-order chi connectivity index (χ1) is 13.8. The number of nitrogens with zero attached hydrogens (tertiary/aromatic N) is 3. The van der Waals surface area contributed by atoms with Gasteiger partial charge in [0.1, 0.15) is 18.2 Å². The van der Waals surface area contributed by atoms with Gasteiger partial charge in [-0.15, -0.1) is 0 Å². The summed E-state index contributed by atoms with van der Waals surface area (Å²) in [6.07, 6.45) is 1.74. The second-order valence-corrected chi connectivity index (χ2v) is 9.03. The molecule has 2 saturated heterocycles. The maximum Gasteiger partial charge on any atom is 0.328 e. The van der Waals surface area contributed by atoms with Crippen LogP contribution in [0.25, 0.3) is 0 Å². The lowest BCUT2D eigenvalue weighted by Crippen LogP contribution is -2.53. The van der Waals surface area contributed by atoms with Gasteiger partial charge in [-0.25, -0.2) is 4.79 Å². The van der Waals surface area contributed by atoms with Crippen LogP contribution in [0.4, 0.5) is 4.79 Å². The van der Waals surface area contributed by atoms with Crippen molar-refractivity contribution in [3.63, 3.8) is 0 Å². The minimum absolute atomic E-state index is 0.0148. The van der Waals surface area contributed by atoms with E-state index in [4.69, 9.17) is 9.47 Å². The molecule has 3 heterocycles. The van der Waals surface area contributed by atoms with Crippen LogP contribution in [-0.4, -0.2) is 76.6 Å². The van der Waals surface area contributed by atoms with Crippen molar-refractivity contribution in [2.75, 3.05) is 26.2 Å². The third-order valence-electron chi connectivity index (χ3n) is 6.15. The van der Waals surface area contributed by atoms with E-state index in [1.165, 1.54) is 4.90 Å². The Morgan fingerprint density at radius 2 is 1.90 bits per heavy atom. The van der Waals surface area contributed by atoms with Gasteiger partial charge in [0.15, 0.2) is 11.5 Å². The van der Waals surface area contributed by atoms with E-state index in [-0.39, 0.29) is 30.1 Å². The maximum atomic E-state index is 13.1. The van der Waals surface area contributed by atoms with Crippen molar-refractivity contribution >= 4 is 11.9 Å². The Balaban J connectivity index is 1.43. The Kier molecular flexibility index (Phi) is 5.19. The predicted molar refractivity (Wildman–Crippen MR) is 109 cm³/mol. The molecule has 0 aromatic heterocycles. The number of piperidine rings is 1. The average Bonchev–Trinajstić information content (AvgIpc) is 2.86. The monoisotopic (exact) mass is 401 g/mol. The van der Waals surface area contributed by atoms with Crippen LogP contribution in [0.5, 0.6) is 11.5 Å². The molecule has 2 fully saturated rings. The number of benzene rings is 1. The van der Waals surface area contributed by atoms with Crippen molar-refractivity contribution in [1.82, 2.24) is 14.7 Å². The zero-order valence-electron chi connectivity index (χ0n) is 17.8. The van der Waals surface area contributed by atoms with E-state index in [2.05, 4.69) is 4.90 Å². The molecule has 2 unspecified atom stereocenters. The molecular weight excluding hydrogens is 370 g/mol. The van der Waals surface area contributed by atoms with E-state index in [1.54, 1.807) is 4.90 Å². The fourth-order valence-corrected chi connectivity index (χ4v) is 4.88. The molecule has 3 amide bonds. The van der Waals surface area contributed by atoms with Gasteiger partial charge in [0.25, 0.3) is 5.91 Å². The van der Waals surface area contributed by atoms with Gasteiger partial charge < -0.3 is 14.4 Å². The van der Waals surface area contributed by atoms with Crippen molar-refractivity contribution in [2.45, 2.75) is 64.3 Å². The van der Waals surface area contributed by atoms with Gasteiger partial charge >= 0.3 is 6.03 Å². The first kappa shape index (κ1) is 20.0. The molecular formula is C22H31N3O4. The number of para-hydroxylation sites is 2. The topological polar surface area (TPSA) is 62.3 Å². The molecule has 29 heavy (non-hydrogen) atoms. The standard InChI is InChI=1S/C22H31N3O4/c1-15(2)25-21(27)24(20(26)22(25,3)4)16-8-7-11-23(12-16)13-17-14-28-18-9-5-6-10-19(18)29-17/h5-6,9-10,15-17H,7-8,11-14H2,1-4H3. The number of ether oxygens (including phenoxy) is 2. The van der Waals surface area contributed by atoms with Gasteiger partial charge in [-0.2, -0.15) is 0 Å². The van der Waals surface area contributed by atoms with Crippen LogP contribution >= 0.6 is 0 Å². The van der Waals surface area contributed by atoms with E-state index in [9.17, 15) is 9.59 Å². The number of likely N-dealkylation sites (tertiary alicyclic amines) is 1. The zero-order chi connectivity index (χ0) is 20.8. The number of rotatable bonds is 4. The minimum Gasteiger partial charge on any atom is -0.486 e. The summed E-state index contributed by atoms with van der Waals surface area (Å²) in [5.41, 5.74) is -0.794. The lowest BCUT2D eigenvalue weighted by molar-refractivity contribution is -0.134. The number of amides is 3. The summed E-state index contributed by atoms with van der Waals surface area (Å²) in [6.45, 7) is 10.5. The number of carbonyl (C=O) groups is 2. The second-order valence-electron chi connectivity index (χ2n) is 9.03. The first-order valence-electron chi connectivity index (χ1n) is 10.6. The number of hydrogen-bond acceptors (Lipinski definition) is 5. The normalized spacial score (nSPS) is 27.1. The van der Waals surface area contributed by atoms with Gasteiger partial charge in [-0.05, 0) is 59.2 Å². The average molecular weight is 402 g/mol. The van der Waals surface area contributed by atoms with Crippen molar-refractivity contribution in [2.24, 2.45) is 0 Å². The van der Waals surface area contributed by atoms with Crippen LogP contribution in [0.1, 0.15) is 40.5 Å². The molecule has 158 valence electrons. The van der Waals surface area contributed by atoms with Crippen molar-refractivity contribution < 1.29 is 19.1 Å². The molecule has 0 bridgehead atoms. The largest absolute Gasteiger partial charge is 0.486 e. The van der Waals surface area contributed by atoms with Gasteiger partial charge in [0.05, 0.1) is 6.04 Å². The molecule has 0 aliphatic carbocycles. The molecule has 2 atom stereocenters. The van der Waals surface area contributed by atoms with E-state index in [0.29, 0.717) is 13.2 Å². The van der Waals surface area contributed by atoms with Gasteiger partial charge in [-0.3, -0.25) is 14.6 Å². The Hall–Kier alpha value is -2.28. The van der Waals surface area contributed by atoms with E-state index in [1.807, 2.05) is 52.0 Å². The van der Waals surface area contributed by atoms with Crippen LogP contribution < -0.4 is 9.47 Å². The van der Waals surface area contributed by atoms with Crippen molar-refractivity contribution in [3.05, 3.63) is 24.3 Å². The summed E-state index contributed by atoms with van der Waals surface area (Å²) in [5.74, 6) is 1.47. The molecule has 7 nitrogen and oxygen atoms in total. The fraction of sp³-hybridized carbons (Fsp3) is 0.636. The Morgan fingerprint density at radius 3 is 2.59 bits per heavy atom. The maximum absolute atomic E-state index is 13.1. The number of urea groups is 1. The molecule has 4 rings (SSSR count). The highest BCUT2D eigenvalue weighted by molar-refractivity contribution is 6.07. The van der Waals surface area contributed by atoms with Crippen molar-refractivity contribution in [1.29, 1.82) is 0 Å². The van der Waals surface area contributed by atoms with Crippen LogP contribution in [0.15, 0.2) is 24.3 Å². The van der Waals surface area contributed by atoms with E-state index in [0.717, 1.165) is 37.4 Å². The quantitative estimate of drug-likeness (QED) is 0.726. The van der Waals surface area contributed by atoms with Crippen LogP contribution in [0.3, 0.4) is 0 Å². The van der Waals surface area contributed by atoms with Crippen molar-refractivity contribution in [3.8, 4) is 11.5 Å². The third kappa shape index (κ3) is 3.56. The fourth-order valence-electron chi connectivity index (χ4n) is 4.88. The molecule has 3 aliphatic heterocycles. The Morgan fingerprint density at radius 1 is 1.17 bits per heavy atom. The Bertz CT molecular complexity index is 794. The highest BCUT2D eigenvalue weighted by atomic mass is 16.6. The summed E-state index contributed by atoms with van der Waals surface area (Å²) < 4.78 is 11.9. The molecule has 0 saturated carbocycles. The summed E-state index contributed by atoms with van der Waals surface area (Å²) >= 11 is 0. The van der Waals surface area contributed by atoms with Gasteiger partial charge in [0, 0.05) is 19.1 Å². The first-order valence-corrected chi connectivity index (χ1v) is 10.6. The molecule has 0 N–H and O–H groups in total. The molecule has 3 aliphatic rings. The Labute approximate surface area is 172 Å². The number of fused-ring (bicyclic) bond motifs is 1. The summed E-state index contributed by atoms with van der Waals surface area (Å²) in [7, 11) is 0. The predicted octanol–water partition coefficient (Wildman–Crippen LogP) is 2.74. The minimum atomic E-state index is -0.794. The number of hydrogen-bond donors (Lipinski definition) is 0. The lowest BCUT2D eigenvalue weighted by atomic mass is 10.00. The molecule has 0 radical (unpaired) electrons. The molecule has 1 aromatic carbocycles. The van der Waals surface area contributed by atoms with Gasteiger partial charge in [0.2, 0.25) is 0 Å². The molecule has 1 aromatic rings. The molecule has 7 heteroatoms. The van der Waals surface area contributed by atoms with Crippen LogP contribution in [-0.2, 0) is 4.79 Å². The zero-order valence-corrected chi connectivity index (χ0v) is 17.8. The van der Waals surface area contributed by atoms with E-state index < -0.39 is 5.54 Å². The second kappa shape index (κ2) is 7.52.